The average molecular weight is 344 g/mol. The van der Waals surface area contributed by atoms with E-state index in [2.05, 4.69) is 34.1 Å². The summed E-state index contributed by atoms with van der Waals surface area (Å²) in [4.78, 5) is 1.17. The maximum atomic E-state index is 6.54. The fourth-order valence-corrected chi connectivity index (χ4v) is 3.94. The summed E-state index contributed by atoms with van der Waals surface area (Å²) < 4.78 is 6.74. The van der Waals surface area contributed by atoms with Gasteiger partial charge in [0, 0.05) is 4.88 Å². The summed E-state index contributed by atoms with van der Waals surface area (Å²) in [6, 6.07) is 10.4. The summed E-state index contributed by atoms with van der Waals surface area (Å²) in [6.45, 7) is 0.828. The number of alkyl halides is 1. The molecule has 0 amide bonds. The summed E-state index contributed by atoms with van der Waals surface area (Å²) >= 11 is 11.7. The first-order valence-electron chi connectivity index (χ1n) is 5.89. The number of rotatable bonds is 2. The van der Waals surface area contributed by atoms with E-state index >= 15 is 0 Å². The average Bonchev–Trinajstić information content (AvgIpc) is 2.84. The third-order valence-corrected chi connectivity index (χ3v) is 5.37. The van der Waals surface area contributed by atoms with Crippen LogP contribution in [-0.4, -0.2) is 6.61 Å². The highest BCUT2D eigenvalue weighted by Crippen LogP contribution is 2.37. The second kappa shape index (κ2) is 5.24. The molecule has 1 nitrogen and oxygen atoms in total. The van der Waals surface area contributed by atoms with Crippen LogP contribution < -0.4 is 4.74 Å². The minimum atomic E-state index is -0.0754. The van der Waals surface area contributed by atoms with E-state index in [1.165, 1.54) is 10.4 Å². The highest BCUT2D eigenvalue weighted by atomic mass is 79.9. The zero-order chi connectivity index (χ0) is 12.5. The SMILES string of the molecule is ClC(c1ccc2c(c1)CCCO2)c1ccc(Br)s1. The third-order valence-electron chi connectivity index (χ3n) is 3.07. The Morgan fingerprint density at radius 3 is 2.94 bits per heavy atom. The highest BCUT2D eigenvalue weighted by Gasteiger charge is 2.16. The molecule has 2 aromatic rings. The number of halogens is 2. The van der Waals surface area contributed by atoms with Crippen LogP contribution in [0.4, 0.5) is 0 Å². The van der Waals surface area contributed by atoms with Gasteiger partial charge in [-0.2, -0.15) is 0 Å². The van der Waals surface area contributed by atoms with Crippen LogP contribution in [0.1, 0.15) is 27.8 Å². The number of fused-ring (bicyclic) bond motifs is 1. The molecule has 18 heavy (non-hydrogen) atoms. The minimum absolute atomic E-state index is 0.0754. The molecule has 1 aromatic carbocycles. The molecular weight excluding hydrogens is 332 g/mol. The first kappa shape index (κ1) is 12.5. The quantitative estimate of drug-likeness (QED) is 0.684. The molecule has 3 rings (SSSR count). The summed E-state index contributed by atoms with van der Waals surface area (Å²) in [5.41, 5.74) is 2.43. The molecule has 1 unspecified atom stereocenters. The van der Waals surface area contributed by atoms with Crippen LogP contribution >= 0.6 is 38.9 Å². The van der Waals surface area contributed by atoms with Crippen molar-refractivity contribution < 1.29 is 4.74 Å². The van der Waals surface area contributed by atoms with Crippen LogP contribution in [-0.2, 0) is 6.42 Å². The highest BCUT2D eigenvalue weighted by molar-refractivity contribution is 9.11. The van der Waals surface area contributed by atoms with E-state index in [1.54, 1.807) is 11.3 Å². The zero-order valence-electron chi connectivity index (χ0n) is 9.66. The van der Waals surface area contributed by atoms with Gasteiger partial charge in [-0.05, 0) is 58.1 Å². The summed E-state index contributed by atoms with van der Waals surface area (Å²) in [7, 11) is 0. The molecule has 0 N–H and O–H groups in total. The number of hydrogen-bond donors (Lipinski definition) is 0. The number of benzene rings is 1. The van der Waals surface area contributed by atoms with Gasteiger partial charge in [-0.1, -0.05) is 12.1 Å². The van der Waals surface area contributed by atoms with Crippen LogP contribution in [0.25, 0.3) is 0 Å². The van der Waals surface area contributed by atoms with Crippen molar-refractivity contribution in [3.63, 3.8) is 0 Å². The largest absolute Gasteiger partial charge is 0.493 e. The molecule has 0 fully saturated rings. The predicted molar refractivity (Wildman–Crippen MR) is 80.0 cm³/mol. The molecule has 0 radical (unpaired) electrons. The molecule has 1 aliphatic rings. The van der Waals surface area contributed by atoms with Gasteiger partial charge in [0.2, 0.25) is 0 Å². The van der Waals surface area contributed by atoms with E-state index in [4.69, 9.17) is 16.3 Å². The van der Waals surface area contributed by atoms with Crippen LogP contribution in [0.15, 0.2) is 34.1 Å². The molecule has 0 saturated carbocycles. The van der Waals surface area contributed by atoms with Gasteiger partial charge in [0.15, 0.2) is 0 Å². The summed E-state index contributed by atoms with van der Waals surface area (Å²) in [5, 5.41) is -0.0754. The molecule has 0 aliphatic carbocycles. The number of ether oxygens (including phenoxy) is 1. The van der Waals surface area contributed by atoms with Gasteiger partial charge < -0.3 is 4.74 Å². The molecule has 0 spiro atoms. The lowest BCUT2D eigenvalue weighted by Crippen LogP contribution is -2.08. The van der Waals surface area contributed by atoms with Gasteiger partial charge in [0.25, 0.3) is 0 Å². The molecule has 1 aliphatic heterocycles. The van der Waals surface area contributed by atoms with Crippen LogP contribution in [0.5, 0.6) is 5.75 Å². The van der Waals surface area contributed by atoms with Crippen LogP contribution in [0.2, 0.25) is 0 Å². The van der Waals surface area contributed by atoms with Crippen molar-refractivity contribution in [1.82, 2.24) is 0 Å². The summed E-state index contributed by atoms with van der Waals surface area (Å²) in [6.07, 6.45) is 2.18. The lowest BCUT2D eigenvalue weighted by atomic mass is 10.0. The van der Waals surface area contributed by atoms with Crippen LogP contribution in [0, 0.1) is 0 Å². The Kier molecular flexibility index (Phi) is 3.64. The van der Waals surface area contributed by atoms with Gasteiger partial charge >= 0.3 is 0 Å². The van der Waals surface area contributed by atoms with E-state index in [-0.39, 0.29) is 5.38 Å². The molecule has 2 heterocycles. The van der Waals surface area contributed by atoms with Crippen molar-refractivity contribution in [2.45, 2.75) is 18.2 Å². The van der Waals surface area contributed by atoms with E-state index in [0.29, 0.717) is 0 Å². The lowest BCUT2D eigenvalue weighted by Gasteiger charge is -2.19. The number of thiophene rings is 1. The molecule has 0 bridgehead atoms. The summed E-state index contributed by atoms with van der Waals surface area (Å²) in [5.74, 6) is 1.02. The molecule has 94 valence electrons. The zero-order valence-corrected chi connectivity index (χ0v) is 12.8. The Balaban J connectivity index is 1.92. The van der Waals surface area contributed by atoms with Gasteiger partial charge in [-0.25, -0.2) is 0 Å². The fraction of sp³-hybridized carbons (Fsp3) is 0.286. The number of hydrogen-bond acceptors (Lipinski definition) is 2. The van der Waals surface area contributed by atoms with Crippen molar-refractivity contribution in [1.29, 1.82) is 0 Å². The smallest absolute Gasteiger partial charge is 0.122 e. The van der Waals surface area contributed by atoms with Crippen molar-refractivity contribution in [2.75, 3.05) is 6.61 Å². The maximum absolute atomic E-state index is 6.54. The monoisotopic (exact) mass is 342 g/mol. The van der Waals surface area contributed by atoms with Crippen molar-refractivity contribution >= 4 is 38.9 Å². The molecule has 0 saturated heterocycles. The topological polar surface area (TPSA) is 9.23 Å². The maximum Gasteiger partial charge on any atom is 0.122 e. The predicted octanol–water partition coefficient (Wildman–Crippen LogP) is 5.16. The Labute approximate surface area is 124 Å². The second-order valence-electron chi connectivity index (χ2n) is 4.32. The van der Waals surface area contributed by atoms with E-state index in [1.807, 2.05) is 12.1 Å². The van der Waals surface area contributed by atoms with E-state index < -0.39 is 0 Å². The first-order valence-corrected chi connectivity index (χ1v) is 7.93. The standard InChI is InChI=1S/C14H12BrClOS/c15-13-6-5-12(18-13)14(16)10-3-4-11-9(8-10)2-1-7-17-11/h3-6,8,14H,1-2,7H2. The lowest BCUT2D eigenvalue weighted by molar-refractivity contribution is 0.288. The van der Waals surface area contributed by atoms with E-state index in [9.17, 15) is 0 Å². The number of aryl methyl sites for hydroxylation is 1. The normalized spacial score (nSPS) is 15.9. The first-order chi connectivity index (χ1) is 8.74. The molecular formula is C14H12BrClOS. The Morgan fingerprint density at radius 2 is 2.17 bits per heavy atom. The minimum Gasteiger partial charge on any atom is -0.493 e. The fourth-order valence-electron chi connectivity index (χ4n) is 2.17. The van der Waals surface area contributed by atoms with Gasteiger partial charge in [0.1, 0.15) is 5.75 Å². The van der Waals surface area contributed by atoms with Gasteiger partial charge in [-0.3, -0.25) is 0 Å². The van der Waals surface area contributed by atoms with Crippen molar-refractivity contribution in [2.24, 2.45) is 0 Å². The third kappa shape index (κ3) is 2.44. The van der Waals surface area contributed by atoms with Gasteiger partial charge in [0.05, 0.1) is 15.8 Å². The van der Waals surface area contributed by atoms with Crippen molar-refractivity contribution in [3.8, 4) is 5.75 Å². The molecule has 1 aromatic heterocycles. The Hall–Kier alpha value is -0.510. The second-order valence-corrected chi connectivity index (χ2v) is 7.25. The Morgan fingerprint density at radius 1 is 1.28 bits per heavy atom. The van der Waals surface area contributed by atoms with Crippen molar-refractivity contribution in [3.05, 3.63) is 50.1 Å². The Bertz CT molecular complexity index is 567. The van der Waals surface area contributed by atoms with Crippen LogP contribution in [0.3, 0.4) is 0 Å². The molecule has 1 atom stereocenters. The van der Waals surface area contributed by atoms with E-state index in [0.717, 1.165) is 34.5 Å². The van der Waals surface area contributed by atoms with Gasteiger partial charge in [-0.15, -0.1) is 22.9 Å². The molecule has 4 heteroatoms.